The molecule has 1 fully saturated rings. The molecule has 1 saturated heterocycles. The van der Waals surface area contributed by atoms with Crippen LogP contribution in [0.15, 0.2) is 60.8 Å². The van der Waals surface area contributed by atoms with E-state index in [-0.39, 0.29) is 0 Å². The van der Waals surface area contributed by atoms with Gasteiger partial charge in [0.15, 0.2) is 0 Å². The van der Waals surface area contributed by atoms with Crippen molar-refractivity contribution in [3.8, 4) is 22.5 Å². The van der Waals surface area contributed by atoms with Crippen LogP contribution >= 0.6 is 11.6 Å². The van der Waals surface area contributed by atoms with Crippen LogP contribution in [0.3, 0.4) is 0 Å². The summed E-state index contributed by atoms with van der Waals surface area (Å²) in [5, 5.41) is 1.90. The Morgan fingerprint density at radius 3 is 2.44 bits per heavy atom. The summed E-state index contributed by atoms with van der Waals surface area (Å²) >= 11 is 6.07. The third-order valence-corrected chi connectivity index (χ3v) is 5.36. The summed E-state index contributed by atoms with van der Waals surface area (Å²) in [5.74, 6) is 0.806. The molecule has 5 rings (SSSR count). The lowest BCUT2D eigenvalue weighted by Gasteiger charge is -2.17. The van der Waals surface area contributed by atoms with Crippen LogP contribution in [-0.2, 0) is 0 Å². The van der Waals surface area contributed by atoms with Crippen LogP contribution < -0.4 is 4.90 Å². The van der Waals surface area contributed by atoms with Crippen LogP contribution in [0.1, 0.15) is 12.8 Å². The predicted molar refractivity (Wildman–Crippen MR) is 111 cm³/mol. The summed E-state index contributed by atoms with van der Waals surface area (Å²) in [6.45, 7) is 2.02. The van der Waals surface area contributed by atoms with Crippen LogP contribution in [0.5, 0.6) is 0 Å². The van der Waals surface area contributed by atoms with Gasteiger partial charge in [-0.15, -0.1) is 0 Å². The van der Waals surface area contributed by atoms with E-state index in [1.165, 1.54) is 18.2 Å². The van der Waals surface area contributed by atoms with Gasteiger partial charge in [0.2, 0.25) is 5.95 Å². The maximum atomic E-state index is 6.07. The maximum absolute atomic E-state index is 6.07. The van der Waals surface area contributed by atoms with Gasteiger partial charge in [0.05, 0.1) is 11.4 Å². The number of H-pyrrole nitrogens is 1. The van der Waals surface area contributed by atoms with Crippen LogP contribution in [0, 0.1) is 0 Å². The van der Waals surface area contributed by atoms with Crippen molar-refractivity contribution in [2.24, 2.45) is 0 Å². The fourth-order valence-electron chi connectivity index (χ4n) is 3.68. The highest BCUT2D eigenvalue weighted by Gasteiger charge is 2.18. The monoisotopic (exact) mass is 374 g/mol. The number of rotatable bonds is 3. The number of fused-ring (bicyclic) bond motifs is 1. The lowest BCUT2D eigenvalue weighted by atomic mass is 10.1. The predicted octanol–water partition coefficient (Wildman–Crippen LogP) is 5.55. The Morgan fingerprint density at radius 1 is 0.889 bits per heavy atom. The Morgan fingerprint density at radius 2 is 1.63 bits per heavy atom. The number of aromatic amines is 1. The molecule has 134 valence electrons. The first kappa shape index (κ1) is 16.3. The zero-order valence-corrected chi connectivity index (χ0v) is 15.6. The third-order valence-electron chi connectivity index (χ3n) is 5.11. The van der Waals surface area contributed by atoms with Gasteiger partial charge in [-0.25, -0.2) is 9.97 Å². The second-order valence-electron chi connectivity index (χ2n) is 6.89. The van der Waals surface area contributed by atoms with Gasteiger partial charge < -0.3 is 9.88 Å². The van der Waals surface area contributed by atoms with Gasteiger partial charge >= 0.3 is 0 Å². The van der Waals surface area contributed by atoms with Gasteiger partial charge in [-0.3, -0.25) is 0 Å². The van der Waals surface area contributed by atoms with Crippen molar-refractivity contribution < 1.29 is 0 Å². The fourth-order valence-corrected chi connectivity index (χ4v) is 3.81. The van der Waals surface area contributed by atoms with E-state index in [1.807, 2.05) is 36.5 Å². The lowest BCUT2D eigenvalue weighted by Crippen LogP contribution is -2.20. The summed E-state index contributed by atoms with van der Waals surface area (Å²) < 4.78 is 0. The highest BCUT2D eigenvalue weighted by Crippen LogP contribution is 2.32. The Bertz CT molecular complexity index is 1090. The van der Waals surface area contributed by atoms with Crippen LogP contribution in [0.4, 0.5) is 5.95 Å². The molecule has 0 bridgehead atoms. The van der Waals surface area contributed by atoms with Crippen LogP contribution in [0.25, 0.3) is 33.4 Å². The number of aromatic nitrogens is 3. The van der Waals surface area contributed by atoms with E-state index >= 15 is 0 Å². The number of nitrogens with zero attached hydrogens (tertiary/aromatic N) is 3. The molecule has 0 saturated carbocycles. The molecule has 3 heterocycles. The molecule has 0 amide bonds. The van der Waals surface area contributed by atoms with Crippen molar-refractivity contribution >= 4 is 28.5 Å². The average Bonchev–Trinajstić information content (AvgIpc) is 3.38. The van der Waals surface area contributed by atoms with E-state index in [0.717, 1.165) is 52.1 Å². The van der Waals surface area contributed by atoms with Gasteiger partial charge in [0.25, 0.3) is 0 Å². The van der Waals surface area contributed by atoms with E-state index in [4.69, 9.17) is 21.6 Å². The van der Waals surface area contributed by atoms with Crippen molar-refractivity contribution in [2.75, 3.05) is 18.0 Å². The van der Waals surface area contributed by atoms with Crippen LogP contribution in [-0.4, -0.2) is 28.0 Å². The average molecular weight is 375 g/mol. The Kier molecular flexibility index (Phi) is 4.06. The van der Waals surface area contributed by atoms with E-state index in [9.17, 15) is 0 Å². The number of anilines is 1. The standard InChI is InChI=1S/C22H19ClN4/c23-16-9-7-15(8-10-16)20-13-21(26-22(25-20)27-11-3-4-12-27)18-14-24-19-6-2-1-5-17(18)19/h1-2,5-10,13-14,24H,3-4,11-12H2. The zero-order chi connectivity index (χ0) is 18.2. The molecule has 0 unspecified atom stereocenters. The molecule has 0 radical (unpaired) electrons. The summed E-state index contributed by atoms with van der Waals surface area (Å²) in [4.78, 5) is 15.4. The van der Waals surface area contributed by atoms with E-state index in [1.54, 1.807) is 0 Å². The molecule has 0 atom stereocenters. The quantitative estimate of drug-likeness (QED) is 0.511. The molecule has 0 spiro atoms. The molecule has 2 aromatic heterocycles. The molecule has 0 aliphatic carbocycles. The highest BCUT2D eigenvalue weighted by molar-refractivity contribution is 6.30. The van der Waals surface area contributed by atoms with Gasteiger partial charge in [-0.1, -0.05) is 41.9 Å². The first-order valence-corrected chi connectivity index (χ1v) is 9.62. The Hall–Kier alpha value is -2.85. The van der Waals surface area contributed by atoms with E-state index in [0.29, 0.717) is 0 Å². The number of benzene rings is 2. The van der Waals surface area contributed by atoms with Crippen molar-refractivity contribution in [2.45, 2.75) is 12.8 Å². The topological polar surface area (TPSA) is 44.8 Å². The van der Waals surface area contributed by atoms with Crippen molar-refractivity contribution in [3.63, 3.8) is 0 Å². The number of nitrogens with one attached hydrogen (secondary N) is 1. The highest BCUT2D eigenvalue weighted by atomic mass is 35.5. The fraction of sp³-hybridized carbons (Fsp3) is 0.182. The maximum Gasteiger partial charge on any atom is 0.226 e. The second-order valence-corrected chi connectivity index (χ2v) is 7.32. The van der Waals surface area contributed by atoms with Crippen molar-refractivity contribution in [1.29, 1.82) is 0 Å². The minimum absolute atomic E-state index is 0.726. The molecule has 1 aliphatic rings. The second kappa shape index (κ2) is 6.71. The molecule has 1 aliphatic heterocycles. The summed E-state index contributed by atoms with van der Waals surface area (Å²) in [7, 11) is 0. The number of hydrogen-bond donors (Lipinski definition) is 1. The van der Waals surface area contributed by atoms with Crippen LogP contribution in [0.2, 0.25) is 5.02 Å². The largest absolute Gasteiger partial charge is 0.360 e. The zero-order valence-electron chi connectivity index (χ0n) is 14.8. The summed E-state index contributed by atoms with van der Waals surface area (Å²) in [5.41, 5.74) is 5.12. The number of para-hydroxylation sites is 1. The molecule has 27 heavy (non-hydrogen) atoms. The van der Waals surface area contributed by atoms with Crippen molar-refractivity contribution in [1.82, 2.24) is 15.0 Å². The molecule has 2 aromatic carbocycles. The van der Waals surface area contributed by atoms with Crippen molar-refractivity contribution in [3.05, 3.63) is 65.8 Å². The normalized spacial score (nSPS) is 14.2. The molecule has 4 aromatic rings. The third kappa shape index (κ3) is 3.06. The molecule has 5 heteroatoms. The first-order chi connectivity index (χ1) is 13.3. The number of halogens is 1. The summed E-state index contributed by atoms with van der Waals surface area (Å²) in [6.07, 6.45) is 4.42. The van der Waals surface area contributed by atoms with E-state index < -0.39 is 0 Å². The van der Waals surface area contributed by atoms with Gasteiger partial charge in [0, 0.05) is 46.3 Å². The minimum Gasteiger partial charge on any atom is -0.360 e. The first-order valence-electron chi connectivity index (χ1n) is 9.24. The minimum atomic E-state index is 0.726. The summed E-state index contributed by atoms with van der Waals surface area (Å²) in [6, 6.07) is 18.2. The molecule has 4 nitrogen and oxygen atoms in total. The molecular weight excluding hydrogens is 356 g/mol. The Labute approximate surface area is 162 Å². The lowest BCUT2D eigenvalue weighted by molar-refractivity contribution is 0.902. The smallest absolute Gasteiger partial charge is 0.226 e. The van der Waals surface area contributed by atoms with Gasteiger partial charge in [-0.05, 0) is 37.1 Å². The number of hydrogen-bond acceptors (Lipinski definition) is 3. The molecule has 1 N–H and O–H groups in total. The SMILES string of the molecule is Clc1ccc(-c2cc(-c3c[nH]c4ccccc34)nc(N3CCCC3)n2)cc1. The van der Waals surface area contributed by atoms with Gasteiger partial charge in [-0.2, -0.15) is 0 Å². The Balaban J connectivity index is 1.69. The molecular formula is C22H19ClN4. The van der Waals surface area contributed by atoms with E-state index in [2.05, 4.69) is 34.1 Å². The van der Waals surface area contributed by atoms with Gasteiger partial charge in [0.1, 0.15) is 0 Å².